The highest BCUT2D eigenvalue weighted by molar-refractivity contribution is 6.32. The second kappa shape index (κ2) is 8.07. The fourth-order valence-electron chi connectivity index (χ4n) is 1.64. The van der Waals surface area contributed by atoms with Crippen molar-refractivity contribution in [2.75, 3.05) is 5.32 Å². The number of unbranched alkanes of at least 4 members (excludes halogenated alkanes) is 3. The number of carbonyl (C=O) groups excluding carboxylic acids is 1. The predicted molar refractivity (Wildman–Crippen MR) is 87.4 cm³/mol. The number of nitrogens with one attached hydrogen (secondary N) is 1. The number of hydrogen-bond acceptors (Lipinski definition) is 2. The van der Waals surface area contributed by atoms with Crippen LogP contribution in [0.5, 0.6) is 0 Å². The van der Waals surface area contributed by atoms with Crippen LogP contribution < -0.4 is 5.32 Å². The molecule has 0 fully saturated rings. The lowest BCUT2D eigenvalue weighted by Gasteiger charge is -2.17. The van der Waals surface area contributed by atoms with E-state index in [1.165, 1.54) is 13.8 Å². The van der Waals surface area contributed by atoms with Gasteiger partial charge in [-0.3, -0.25) is 4.79 Å². The van der Waals surface area contributed by atoms with Crippen LogP contribution in [0.15, 0.2) is 18.2 Å². The molecule has 0 aliphatic heterocycles. The molecule has 2 N–H and O–H groups in total. The maximum absolute atomic E-state index is 11.9. The third-order valence-electron chi connectivity index (χ3n) is 2.94. The molecule has 0 saturated heterocycles. The van der Waals surface area contributed by atoms with Gasteiger partial charge in [-0.25, -0.2) is 0 Å². The van der Waals surface area contributed by atoms with Crippen LogP contribution in [0.2, 0.25) is 5.02 Å². The summed E-state index contributed by atoms with van der Waals surface area (Å²) >= 11 is 6.15. The van der Waals surface area contributed by atoms with E-state index >= 15 is 0 Å². The Morgan fingerprint density at radius 3 is 2.71 bits per heavy atom. The zero-order chi connectivity index (χ0) is 15.9. The quantitative estimate of drug-likeness (QED) is 0.638. The Kier molecular flexibility index (Phi) is 6.74. The minimum atomic E-state index is -1.45. The molecule has 1 aromatic carbocycles. The maximum atomic E-state index is 11.9. The van der Waals surface area contributed by atoms with E-state index < -0.39 is 11.5 Å². The van der Waals surface area contributed by atoms with E-state index in [2.05, 4.69) is 24.1 Å². The second-order valence-corrected chi connectivity index (χ2v) is 5.84. The average molecular weight is 308 g/mol. The van der Waals surface area contributed by atoms with Gasteiger partial charge in [0.25, 0.3) is 5.91 Å². The molecule has 0 atom stereocenters. The number of hydrogen-bond donors (Lipinski definition) is 2. The average Bonchev–Trinajstić information content (AvgIpc) is 2.40. The number of halogens is 1. The van der Waals surface area contributed by atoms with Crippen molar-refractivity contribution in [3.05, 3.63) is 28.8 Å². The summed E-state index contributed by atoms with van der Waals surface area (Å²) in [7, 11) is 0. The van der Waals surface area contributed by atoms with E-state index in [9.17, 15) is 9.90 Å². The van der Waals surface area contributed by atoms with Gasteiger partial charge in [0.15, 0.2) is 0 Å². The Morgan fingerprint density at radius 1 is 1.38 bits per heavy atom. The Labute approximate surface area is 131 Å². The van der Waals surface area contributed by atoms with Crippen molar-refractivity contribution in [1.82, 2.24) is 0 Å². The summed E-state index contributed by atoms with van der Waals surface area (Å²) in [6, 6.07) is 5.20. The minimum Gasteiger partial charge on any atom is -0.381 e. The lowest BCUT2D eigenvalue weighted by Crippen LogP contribution is -2.36. The zero-order valence-electron chi connectivity index (χ0n) is 12.8. The number of benzene rings is 1. The lowest BCUT2D eigenvalue weighted by molar-refractivity contribution is -0.130. The number of aliphatic hydroxyl groups is 1. The molecule has 0 aromatic heterocycles. The van der Waals surface area contributed by atoms with Crippen LogP contribution in [0.4, 0.5) is 5.69 Å². The summed E-state index contributed by atoms with van der Waals surface area (Å²) in [4.78, 5) is 11.9. The van der Waals surface area contributed by atoms with Gasteiger partial charge >= 0.3 is 0 Å². The van der Waals surface area contributed by atoms with Gasteiger partial charge in [0, 0.05) is 6.42 Å². The molecule has 0 aliphatic carbocycles. The van der Waals surface area contributed by atoms with Crippen LogP contribution in [0.25, 0.3) is 0 Å². The molecule has 3 nitrogen and oxygen atoms in total. The highest BCUT2D eigenvalue weighted by Gasteiger charge is 2.24. The topological polar surface area (TPSA) is 49.3 Å². The molecule has 114 valence electrons. The van der Waals surface area contributed by atoms with Crippen LogP contribution in [-0.4, -0.2) is 16.6 Å². The number of amides is 1. The van der Waals surface area contributed by atoms with Crippen molar-refractivity contribution in [3.8, 4) is 11.8 Å². The van der Waals surface area contributed by atoms with Gasteiger partial charge in [0.05, 0.1) is 16.3 Å². The Balaban J connectivity index is 2.90. The normalized spacial score (nSPS) is 10.7. The highest BCUT2D eigenvalue weighted by Crippen LogP contribution is 2.24. The maximum Gasteiger partial charge on any atom is 0.255 e. The van der Waals surface area contributed by atoms with Crippen molar-refractivity contribution in [3.63, 3.8) is 0 Å². The Bertz CT molecular complexity index is 550. The third-order valence-corrected chi connectivity index (χ3v) is 3.25. The largest absolute Gasteiger partial charge is 0.381 e. The first-order valence-corrected chi connectivity index (χ1v) is 7.55. The first-order valence-electron chi connectivity index (χ1n) is 7.17. The van der Waals surface area contributed by atoms with Crippen molar-refractivity contribution < 1.29 is 9.90 Å². The molecule has 4 heteroatoms. The molecular formula is C17H22ClNO2. The Hall–Kier alpha value is -1.50. The number of carbonyl (C=O) groups is 1. The molecule has 0 bridgehead atoms. The van der Waals surface area contributed by atoms with Gasteiger partial charge in [-0.15, -0.1) is 0 Å². The van der Waals surface area contributed by atoms with Gasteiger partial charge in [0.2, 0.25) is 0 Å². The summed E-state index contributed by atoms with van der Waals surface area (Å²) in [6.07, 6.45) is 4.16. The standard InChI is InChI=1S/C17H22ClNO2/c1-4-5-6-7-8-10-13-14(18)11-9-12-15(13)19-16(20)17(2,3)21/h9,11-12,21H,4-7H2,1-3H3,(H,19,20). The van der Waals surface area contributed by atoms with E-state index in [0.717, 1.165) is 25.7 Å². The molecule has 1 rings (SSSR count). The minimum absolute atomic E-state index is 0.487. The molecule has 0 heterocycles. The van der Waals surface area contributed by atoms with E-state index in [0.29, 0.717) is 16.3 Å². The fraction of sp³-hybridized carbons (Fsp3) is 0.471. The first-order chi connectivity index (χ1) is 9.86. The fourth-order valence-corrected chi connectivity index (χ4v) is 1.87. The van der Waals surface area contributed by atoms with Crippen molar-refractivity contribution in [2.45, 2.75) is 52.1 Å². The summed E-state index contributed by atoms with van der Waals surface area (Å²) < 4.78 is 0. The SMILES string of the molecule is CCCCCC#Cc1c(Cl)cccc1NC(=O)C(C)(C)O. The summed E-state index contributed by atoms with van der Waals surface area (Å²) in [6.45, 7) is 5.01. The zero-order valence-corrected chi connectivity index (χ0v) is 13.5. The van der Waals surface area contributed by atoms with Crippen molar-refractivity contribution in [1.29, 1.82) is 0 Å². The van der Waals surface area contributed by atoms with E-state index in [4.69, 9.17) is 11.6 Å². The monoisotopic (exact) mass is 307 g/mol. The Morgan fingerprint density at radius 2 is 2.10 bits per heavy atom. The van der Waals surface area contributed by atoms with Crippen LogP contribution in [-0.2, 0) is 4.79 Å². The molecule has 1 aromatic rings. The molecular weight excluding hydrogens is 286 g/mol. The van der Waals surface area contributed by atoms with Crippen molar-refractivity contribution >= 4 is 23.2 Å². The van der Waals surface area contributed by atoms with Gasteiger partial charge in [-0.2, -0.15) is 0 Å². The smallest absolute Gasteiger partial charge is 0.255 e. The molecule has 0 unspecified atom stereocenters. The van der Waals surface area contributed by atoms with Crippen LogP contribution in [0, 0.1) is 11.8 Å². The van der Waals surface area contributed by atoms with Gasteiger partial charge in [0.1, 0.15) is 5.60 Å². The van der Waals surface area contributed by atoms with Crippen LogP contribution in [0.1, 0.15) is 52.0 Å². The lowest BCUT2D eigenvalue weighted by atomic mass is 10.1. The molecule has 21 heavy (non-hydrogen) atoms. The molecule has 0 spiro atoms. The van der Waals surface area contributed by atoms with Gasteiger partial charge in [-0.05, 0) is 32.4 Å². The molecule has 0 radical (unpaired) electrons. The summed E-state index contributed by atoms with van der Waals surface area (Å²) in [5.41, 5.74) is -0.334. The molecule has 1 amide bonds. The van der Waals surface area contributed by atoms with Crippen LogP contribution >= 0.6 is 11.6 Å². The number of rotatable bonds is 5. The van der Waals surface area contributed by atoms with Gasteiger partial charge < -0.3 is 10.4 Å². The van der Waals surface area contributed by atoms with Gasteiger partial charge in [-0.1, -0.05) is 49.3 Å². The van der Waals surface area contributed by atoms with Crippen LogP contribution in [0.3, 0.4) is 0 Å². The summed E-state index contributed by atoms with van der Waals surface area (Å²) in [5.74, 6) is 5.61. The first kappa shape index (κ1) is 17.6. The highest BCUT2D eigenvalue weighted by atomic mass is 35.5. The third kappa shape index (κ3) is 5.79. The summed E-state index contributed by atoms with van der Waals surface area (Å²) in [5, 5.41) is 12.9. The van der Waals surface area contributed by atoms with E-state index in [-0.39, 0.29) is 0 Å². The predicted octanol–water partition coefficient (Wildman–Crippen LogP) is 3.98. The molecule has 0 saturated carbocycles. The van der Waals surface area contributed by atoms with Crippen molar-refractivity contribution in [2.24, 2.45) is 0 Å². The van der Waals surface area contributed by atoms with E-state index in [1.807, 2.05) is 0 Å². The molecule has 0 aliphatic rings. The van der Waals surface area contributed by atoms with E-state index in [1.54, 1.807) is 18.2 Å². The number of anilines is 1. The second-order valence-electron chi connectivity index (χ2n) is 5.43.